The van der Waals surface area contributed by atoms with E-state index in [0.29, 0.717) is 23.6 Å². The van der Waals surface area contributed by atoms with E-state index in [1.165, 1.54) is 34.9 Å². The van der Waals surface area contributed by atoms with Crippen LogP contribution in [0.3, 0.4) is 0 Å². The zero-order valence-electron chi connectivity index (χ0n) is 20.6. The minimum atomic E-state index is -1.48. The van der Waals surface area contributed by atoms with Crippen LogP contribution in [0.1, 0.15) is 11.5 Å². The van der Waals surface area contributed by atoms with Gasteiger partial charge in [-0.2, -0.15) is 9.36 Å². The van der Waals surface area contributed by atoms with E-state index < -0.39 is 34.9 Å². The van der Waals surface area contributed by atoms with Gasteiger partial charge in [-0.05, 0) is 11.6 Å². The Hall–Kier alpha value is -4.07. The van der Waals surface area contributed by atoms with Crippen molar-refractivity contribution in [2.75, 3.05) is 17.2 Å². The fourth-order valence-electron chi connectivity index (χ4n) is 4.34. The van der Waals surface area contributed by atoms with Gasteiger partial charge in [0.2, 0.25) is 11.5 Å². The number of carboxylic acid groups (broad SMARTS) is 1. The lowest BCUT2D eigenvalue weighted by molar-refractivity contribution is -0.662. The summed E-state index contributed by atoms with van der Waals surface area (Å²) in [5.41, 5.74) is 7.09. The Kier molecular flexibility index (Phi) is 7.32. The summed E-state index contributed by atoms with van der Waals surface area (Å²) in [6.07, 6.45) is 5.49. The van der Waals surface area contributed by atoms with Crippen molar-refractivity contribution in [3.8, 4) is 0 Å². The van der Waals surface area contributed by atoms with Gasteiger partial charge in [0.05, 0.1) is 23.6 Å². The van der Waals surface area contributed by atoms with Crippen LogP contribution in [0, 0.1) is 0 Å². The third kappa shape index (κ3) is 5.11. The van der Waals surface area contributed by atoms with Crippen LogP contribution >= 0.6 is 46.4 Å². The predicted molar refractivity (Wildman–Crippen MR) is 147 cm³/mol. The number of hydrogen-bond donors (Lipinski definition) is 3. The highest BCUT2D eigenvalue weighted by atomic mass is 32.2. The van der Waals surface area contributed by atoms with Gasteiger partial charge < -0.3 is 26.2 Å². The van der Waals surface area contributed by atoms with Crippen LogP contribution in [0.5, 0.6) is 0 Å². The highest BCUT2D eigenvalue weighted by Crippen LogP contribution is 2.41. The van der Waals surface area contributed by atoms with E-state index in [1.54, 1.807) is 10.7 Å². The second-order valence-electron chi connectivity index (χ2n) is 8.65. The molecule has 1 fully saturated rings. The number of nitrogen functional groups attached to an aromatic ring is 1. The van der Waals surface area contributed by atoms with Gasteiger partial charge in [0, 0.05) is 34.5 Å². The van der Waals surface area contributed by atoms with Crippen LogP contribution < -0.4 is 20.7 Å². The van der Waals surface area contributed by atoms with Crippen LogP contribution in [0.25, 0.3) is 5.65 Å². The zero-order chi connectivity index (χ0) is 28.7. The summed E-state index contributed by atoms with van der Waals surface area (Å²) >= 11 is 4.94. The standard InChI is InChI=1S/C22H18N10O5S4/c23-21-27-16(29-41-21)13(28-37)17(33)26-14-18(34)32-15(20(35)36)10(7-38-19(14)32)8-39-22-25-11(9-40-22)6-30-4-5-31-12(30)2-1-3-24-31/h1-5,9,14,19H,6-8H2,(H4-,23,26,27,29,33,35,36,37)/t14-,19?/m1/s1. The number of carbonyl (C=O) groups excluding carboxylic acids is 3. The number of carbonyl (C=O) groups is 3. The Morgan fingerprint density at radius 1 is 1.37 bits per heavy atom. The highest BCUT2D eigenvalue weighted by Gasteiger charge is 2.53. The number of nitrogens with one attached hydrogen (secondary N) is 1. The minimum absolute atomic E-state index is 0.0666. The number of anilines is 1. The van der Waals surface area contributed by atoms with Gasteiger partial charge in [-0.15, -0.1) is 27.6 Å². The molecular weight excluding hydrogens is 613 g/mol. The van der Waals surface area contributed by atoms with Gasteiger partial charge in [-0.25, -0.2) is 9.55 Å². The van der Waals surface area contributed by atoms with Crippen molar-refractivity contribution in [2.24, 2.45) is 5.16 Å². The van der Waals surface area contributed by atoms with Crippen molar-refractivity contribution < 1.29 is 29.3 Å². The Labute approximate surface area is 246 Å². The summed E-state index contributed by atoms with van der Waals surface area (Å²) in [7, 11) is 0. The van der Waals surface area contributed by atoms with Crippen molar-refractivity contribution >= 4 is 80.7 Å². The van der Waals surface area contributed by atoms with Crippen molar-refractivity contribution in [3.63, 3.8) is 0 Å². The van der Waals surface area contributed by atoms with Gasteiger partial charge in [-0.3, -0.25) is 14.5 Å². The van der Waals surface area contributed by atoms with Gasteiger partial charge in [0.1, 0.15) is 24.2 Å². The molecule has 0 saturated carbocycles. The molecule has 2 aliphatic heterocycles. The van der Waals surface area contributed by atoms with Crippen LogP contribution in [0.15, 0.2) is 56.9 Å². The molecule has 4 N–H and O–H groups in total. The summed E-state index contributed by atoms with van der Waals surface area (Å²) in [5, 5.41) is 32.4. The quantitative estimate of drug-likeness (QED) is 0.0505. The van der Waals surface area contributed by atoms with E-state index in [1.807, 2.05) is 34.5 Å². The summed E-state index contributed by atoms with van der Waals surface area (Å²) in [6.45, 7) is 0.549. The molecule has 0 bridgehead atoms. The summed E-state index contributed by atoms with van der Waals surface area (Å²) < 4.78 is 8.38. The molecule has 2 atom stereocenters. The lowest BCUT2D eigenvalue weighted by Gasteiger charge is -2.50. The number of aromatic nitrogens is 6. The zero-order valence-corrected chi connectivity index (χ0v) is 23.9. The second kappa shape index (κ2) is 11.1. The molecule has 0 aliphatic carbocycles. The van der Waals surface area contributed by atoms with Crippen LogP contribution in [-0.2, 0) is 20.9 Å². The largest absolute Gasteiger partial charge is 0.543 e. The van der Waals surface area contributed by atoms with E-state index >= 15 is 0 Å². The number of thiazole rings is 1. The lowest BCUT2D eigenvalue weighted by atomic mass is 10.0. The Bertz CT molecular complexity index is 1750. The second-order valence-corrected chi connectivity index (χ2v) is 12.6. The SMILES string of the molecule is Nc1nc(/C(=N\O)C(=O)N[C@@H]2C(=O)N3C(C(=O)[O-])=C(CSc4nc(C[n+]5ccn6ncccc65)cs4)CSC23)ns1. The molecule has 6 rings (SSSR count). The molecule has 41 heavy (non-hydrogen) atoms. The molecule has 210 valence electrons. The number of oxime groups is 1. The van der Waals surface area contributed by atoms with E-state index in [2.05, 4.69) is 29.9 Å². The number of aliphatic carboxylic acids is 1. The van der Waals surface area contributed by atoms with E-state index in [4.69, 9.17) is 5.73 Å². The normalized spacial score (nSPS) is 18.9. The Balaban J connectivity index is 1.11. The van der Waals surface area contributed by atoms with Crippen molar-refractivity contribution in [1.82, 2.24) is 34.2 Å². The number of carboxylic acids is 1. The molecule has 4 aromatic heterocycles. The molecule has 2 aliphatic rings. The number of hydrogen-bond acceptors (Lipinski definition) is 15. The molecule has 2 amide bonds. The fourth-order valence-corrected chi connectivity index (χ4v) is 8.09. The van der Waals surface area contributed by atoms with Gasteiger partial charge in [0.25, 0.3) is 11.8 Å². The number of nitrogens with zero attached hydrogens (tertiary/aromatic N) is 8. The molecule has 6 heterocycles. The van der Waals surface area contributed by atoms with Crippen LogP contribution in [-0.4, -0.2) is 80.5 Å². The molecule has 1 saturated heterocycles. The smallest absolute Gasteiger partial charge is 0.307 e. The van der Waals surface area contributed by atoms with E-state index in [-0.39, 0.29) is 16.7 Å². The van der Waals surface area contributed by atoms with E-state index in [9.17, 15) is 24.7 Å². The molecule has 0 aromatic carbocycles. The Morgan fingerprint density at radius 3 is 2.98 bits per heavy atom. The molecule has 4 aromatic rings. The Morgan fingerprint density at radius 2 is 2.22 bits per heavy atom. The van der Waals surface area contributed by atoms with Gasteiger partial charge in [0.15, 0.2) is 15.7 Å². The number of β-lactam (4-membered cyclic amide) rings is 1. The first-order valence-electron chi connectivity index (χ1n) is 11.7. The monoisotopic (exact) mass is 630 g/mol. The van der Waals surface area contributed by atoms with Crippen molar-refractivity contribution in [2.45, 2.75) is 22.3 Å². The summed E-state index contributed by atoms with van der Waals surface area (Å²) in [6, 6.07) is 2.78. The molecule has 1 unspecified atom stereocenters. The highest BCUT2D eigenvalue weighted by molar-refractivity contribution is 8.01. The molecule has 15 nitrogen and oxygen atoms in total. The first-order valence-corrected chi connectivity index (χ1v) is 15.4. The molecule has 0 radical (unpaired) electrons. The van der Waals surface area contributed by atoms with E-state index in [0.717, 1.165) is 32.1 Å². The molecule has 0 spiro atoms. The topological polar surface area (TPSA) is 208 Å². The summed E-state index contributed by atoms with van der Waals surface area (Å²) in [4.78, 5) is 47.3. The van der Waals surface area contributed by atoms with Crippen molar-refractivity contribution in [1.29, 1.82) is 0 Å². The average Bonchev–Trinajstić information content (AvgIpc) is 3.71. The van der Waals surface area contributed by atoms with Crippen LogP contribution in [0.2, 0.25) is 0 Å². The third-order valence-electron chi connectivity index (χ3n) is 6.17. The number of nitrogens with two attached hydrogens (primary N) is 1. The maximum atomic E-state index is 13.0. The lowest BCUT2D eigenvalue weighted by Crippen LogP contribution is -2.71. The predicted octanol–water partition coefficient (Wildman–Crippen LogP) is -1.07. The molecule has 19 heteroatoms. The van der Waals surface area contributed by atoms with Crippen LogP contribution in [0.4, 0.5) is 5.13 Å². The first kappa shape index (κ1) is 27.1. The fraction of sp³-hybridized carbons (Fsp3) is 0.227. The number of imidazole rings is 1. The van der Waals surface area contributed by atoms with Gasteiger partial charge in [-0.1, -0.05) is 22.0 Å². The minimum Gasteiger partial charge on any atom is -0.543 e. The average molecular weight is 631 g/mol. The number of amides is 2. The number of fused-ring (bicyclic) bond motifs is 2. The summed E-state index contributed by atoms with van der Waals surface area (Å²) in [5.74, 6) is -2.59. The van der Waals surface area contributed by atoms with Gasteiger partial charge >= 0.3 is 5.65 Å². The maximum Gasteiger partial charge on any atom is 0.307 e. The number of thioether (sulfide) groups is 2. The number of rotatable bonds is 9. The molecular formula is C22H18N10O5S4. The third-order valence-corrected chi connectivity index (χ3v) is 10.2. The maximum absolute atomic E-state index is 13.0. The first-order chi connectivity index (χ1) is 19.8. The van der Waals surface area contributed by atoms with Crippen molar-refractivity contribution in [3.05, 3.63) is 58.9 Å².